The molecular weight excluding hydrogens is 220 g/mol. The fourth-order valence-electron chi connectivity index (χ4n) is 1.22. The van der Waals surface area contributed by atoms with Crippen molar-refractivity contribution >= 4 is 22.9 Å². The lowest BCUT2D eigenvalue weighted by molar-refractivity contribution is 0.662. The van der Waals surface area contributed by atoms with Crippen LogP contribution in [0.15, 0.2) is 6.20 Å². The number of nitrogens with zero attached hydrogens (tertiary/aromatic N) is 4. The molecule has 0 unspecified atom stereocenters. The van der Waals surface area contributed by atoms with Crippen LogP contribution in [0.1, 0.15) is 16.5 Å². The number of aryl methyl sites for hydroxylation is 2. The largest absolute Gasteiger partial charge is 0.245 e. The van der Waals surface area contributed by atoms with E-state index < -0.39 is 0 Å². The van der Waals surface area contributed by atoms with Crippen LogP contribution in [0.4, 0.5) is 0 Å². The summed E-state index contributed by atoms with van der Waals surface area (Å²) in [5, 5.41) is 4.26. The van der Waals surface area contributed by atoms with E-state index in [1.54, 1.807) is 6.20 Å². The number of rotatable bonds is 2. The molecule has 2 rings (SSSR count). The lowest BCUT2D eigenvalue weighted by atomic mass is 10.5. The molecule has 0 saturated carbocycles. The second kappa shape index (κ2) is 3.67. The maximum Gasteiger partial charge on any atom is 0.183 e. The minimum atomic E-state index is 0.564. The smallest absolute Gasteiger partial charge is 0.183 e. The summed E-state index contributed by atoms with van der Waals surface area (Å²) >= 11 is 7.20. The average molecular weight is 229 g/mol. The topological polar surface area (TPSA) is 43.6 Å². The molecule has 0 spiro atoms. The minimum Gasteiger partial charge on any atom is -0.245 e. The van der Waals surface area contributed by atoms with Crippen molar-refractivity contribution in [2.24, 2.45) is 0 Å². The van der Waals surface area contributed by atoms with Gasteiger partial charge in [-0.2, -0.15) is 5.10 Å². The van der Waals surface area contributed by atoms with Gasteiger partial charge in [0.05, 0.1) is 6.54 Å². The summed E-state index contributed by atoms with van der Waals surface area (Å²) in [6.45, 7) is 4.50. The van der Waals surface area contributed by atoms with E-state index in [1.807, 2.05) is 18.5 Å². The molecule has 4 nitrogen and oxygen atoms in total. The first kappa shape index (κ1) is 9.61. The molecule has 0 saturated heterocycles. The Morgan fingerprint density at radius 2 is 2.29 bits per heavy atom. The van der Waals surface area contributed by atoms with Crippen molar-refractivity contribution in [1.29, 1.82) is 0 Å². The van der Waals surface area contributed by atoms with Gasteiger partial charge in [0.1, 0.15) is 11.6 Å². The fraction of sp³-hybridized carbons (Fsp3) is 0.375. The number of hydrogen-bond acceptors (Lipinski definition) is 4. The van der Waals surface area contributed by atoms with Gasteiger partial charge in [0.25, 0.3) is 0 Å². The van der Waals surface area contributed by atoms with Gasteiger partial charge in [0.15, 0.2) is 4.47 Å². The molecule has 2 heterocycles. The van der Waals surface area contributed by atoms with Crippen molar-refractivity contribution < 1.29 is 0 Å². The molecule has 0 aromatic carbocycles. The first-order valence-corrected chi connectivity index (χ1v) is 5.33. The molecule has 6 heteroatoms. The molecule has 0 radical (unpaired) electrons. The van der Waals surface area contributed by atoms with E-state index in [0.29, 0.717) is 11.0 Å². The summed E-state index contributed by atoms with van der Waals surface area (Å²) in [6, 6.07) is 0. The van der Waals surface area contributed by atoms with E-state index in [4.69, 9.17) is 11.6 Å². The molecule has 0 N–H and O–H groups in total. The highest BCUT2D eigenvalue weighted by atomic mass is 35.5. The molecule has 74 valence electrons. The lowest BCUT2D eigenvalue weighted by Gasteiger charge is -1.98. The van der Waals surface area contributed by atoms with E-state index in [1.165, 1.54) is 11.3 Å². The molecule has 0 aliphatic rings. The molecule has 0 amide bonds. The first-order chi connectivity index (χ1) is 6.65. The molecule has 0 bridgehead atoms. The molecule has 0 aliphatic heterocycles. The van der Waals surface area contributed by atoms with Crippen LogP contribution in [-0.4, -0.2) is 19.7 Å². The average Bonchev–Trinajstić information content (AvgIpc) is 2.61. The van der Waals surface area contributed by atoms with Gasteiger partial charge < -0.3 is 0 Å². The number of aromatic nitrogens is 4. The Hall–Kier alpha value is -0.940. The summed E-state index contributed by atoms with van der Waals surface area (Å²) in [5.74, 6) is 1.70. The summed E-state index contributed by atoms with van der Waals surface area (Å²) in [7, 11) is 0. The number of thiazole rings is 1. The molecule has 2 aromatic rings. The normalized spacial score (nSPS) is 10.8. The van der Waals surface area contributed by atoms with Crippen LogP contribution in [0.2, 0.25) is 4.47 Å². The maximum absolute atomic E-state index is 5.73. The van der Waals surface area contributed by atoms with Crippen LogP contribution < -0.4 is 0 Å². The van der Waals surface area contributed by atoms with Crippen molar-refractivity contribution in [3.05, 3.63) is 27.2 Å². The van der Waals surface area contributed by atoms with Crippen LogP contribution in [0.5, 0.6) is 0 Å². The third kappa shape index (κ3) is 1.93. The molecule has 14 heavy (non-hydrogen) atoms. The molecule has 0 fully saturated rings. The lowest BCUT2D eigenvalue weighted by Crippen LogP contribution is -2.02. The zero-order valence-corrected chi connectivity index (χ0v) is 9.43. The van der Waals surface area contributed by atoms with Crippen molar-refractivity contribution in [2.45, 2.75) is 20.4 Å². The Kier molecular flexibility index (Phi) is 2.52. The van der Waals surface area contributed by atoms with E-state index in [2.05, 4.69) is 15.1 Å². The van der Waals surface area contributed by atoms with Gasteiger partial charge in [-0.3, -0.25) is 0 Å². The number of halogens is 1. The summed E-state index contributed by atoms with van der Waals surface area (Å²) < 4.78 is 2.41. The summed E-state index contributed by atoms with van der Waals surface area (Å²) in [4.78, 5) is 9.27. The third-order valence-corrected chi connectivity index (χ3v) is 2.89. The number of hydrogen-bond donors (Lipinski definition) is 0. The van der Waals surface area contributed by atoms with Gasteiger partial charge in [-0.15, -0.1) is 11.3 Å². The van der Waals surface area contributed by atoms with Gasteiger partial charge in [0, 0.05) is 11.1 Å². The van der Waals surface area contributed by atoms with Crippen LogP contribution in [-0.2, 0) is 6.54 Å². The van der Waals surface area contributed by atoms with E-state index >= 15 is 0 Å². The van der Waals surface area contributed by atoms with Gasteiger partial charge in [0.2, 0.25) is 0 Å². The molecular formula is C8H9ClN4S. The second-order valence-electron chi connectivity index (χ2n) is 2.94. The zero-order valence-electron chi connectivity index (χ0n) is 7.86. The highest BCUT2D eigenvalue weighted by molar-refractivity contribution is 7.15. The highest BCUT2D eigenvalue weighted by Crippen LogP contribution is 2.18. The zero-order chi connectivity index (χ0) is 10.1. The van der Waals surface area contributed by atoms with Crippen molar-refractivity contribution in [3.8, 4) is 0 Å². The van der Waals surface area contributed by atoms with Gasteiger partial charge in [-0.1, -0.05) is 11.6 Å². The second-order valence-corrected chi connectivity index (χ2v) is 4.64. The standard InChI is InChI=1S/C8H9ClN4S/c1-5-11-6(2)13(12-5)4-7-3-10-8(9)14-7/h3H,4H2,1-2H3. The van der Waals surface area contributed by atoms with Crippen molar-refractivity contribution in [1.82, 2.24) is 19.7 Å². The summed E-state index contributed by atoms with van der Waals surface area (Å²) in [5.41, 5.74) is 0. The van der Waals surface area contributed by atoms with E-state index in [-0.39, 0.29) is 0 Å². The summed E-state index contributed by atoms with van der Waals surface area (Å²) in [6.07, 6.45) is 1.77. The maximum atomic E-state index is 5.73. The molecule has 0 aliphatic carbocycles. The first-order valence-electron chi connectivity index (χ1n) is 4.13. The Balaban J connectivity index is 2.22. The van der Waals surface area contributed by atoms with Crippen LogP contribution in [0, 0.1) is 13.8 Å². The SMILES string of the molecule is Cc1nc(C)n(Cc2cnc(Cl)s2)n1. The molecule has 0 atom stereocenters. The monoisotopic (exact) mass is 228 g/mol. The Bertz CT molecular complexity index is 448. The predicted molar refractivity (Wildman–Crippen MR) is 55.7 cm³/mol. The predicted octanol–water partition coefficient (Wildman–Crippen LogP) is 2.05. The van der Waals surface area contributed by atoms with E-state index in [0.717, 1.165) is 16.5 Å². The van der Waals surface area contributed by atoms with Crippen molar-refractivity contribution in [3.63, 3.8) is 0 Å². The van der Waals surface area contributed by atoms with Crippen LogP contribution in [0.3, 0.4) is 0 Å². The van der Waals surface area contributed by atoms with E-state index in [9.17, 15) is 0 Å². The van der Waals surface area contributed by atoms with Gasteiger partial charge in [-0.05, 0) is 13.8 Å². The Labute approximate surface area is 90.6 Å². The fourth-order valence-corrected chi connectivity index (χ4v) is 2.18. The minimum absolute atomic E-state index is 0.564. The van der Waals surface area contributed by atoms with Crippen LogP contribution in [0.25, 0.3) is 0 Å². The quantitative estimate of drug-likeness (QED) is 0.790. The molecule has 2 aromatic heterocycles. The van der Waals surface area contributed by atoms with Crippen LogP contribution >= 0.6 is 22.9 Å². The Morgan fingerprint density at radius 1 is 1.50 bits per heavy atom. The highest BCUT2D eigenvalue weighted by Gasteiger charge is 2.05. The Morgan fingerprint density at radius 3 is 2.79 bits per heavy atom. The van der Waals surface area contributed by atoms with Gasteiger partial charge in [-0.25, -0.2) is 14.6 Å². The van der Waals surface area contributed by atoms with Gasteiger partial charge >= 0.3 is 0 Å². The van der Waals surface area contributed by atoms with Crippen molar-refractivity contribution in [2.75, 3.05) is 0 Å². The third-order valence-electron chi connectivity index (χ3n) is 1.79.